The second-order valence-electron chi connectivity index (χ2n) is 3.20. The molecule has 66 valence electrons. The van der Waals surface area contributed by atoms with Crippen molar-refractivity contribution in [3.8, 4) is 0 Å². The van der Waals surface area contributed by atoms with E-state index in [1.165, 1.54) is 11.1 Å². The second-order valence-corrected chi connectivity index (χ2v) is 3.20. The molecule has 13 heavy (non-hydrogen) atoms. The van der Waals surface area contributed by atoms with Crippen LogP contribution < -0.4 is 0 Å². The minimum Gasteiger partial charge on any atom is -0.256 e. The van der Waals surface area contributed by atoms with E-state index in [4.69, 9.17) is 0 Å². The lowest BCUT2D eigenvalue weighted by Gasteiger charge is -2.01. The summed E-state index contributed by atoms with van der Waals surface area (Å²) in [6, 6.07) is 4.24. The third-order valence-electron chi connectivity index (χ3n) is 2.30. The molecule has 0 radical (unpaired) electrons. The Kier molecular flexibility index (Phi) is 2.26. The van der Waals surface area contributed by atoms with Gasteiger partial charge in [-0.2, -0.15) is 0 Å². The Morgan fingerprint density at radius 1 is 1.46 bits per heavy atom. The van der Waals surface area contributed by atoms with Gasteiger partial charge < -0.3 is 0 Å². The first-order chi connectivity index (χ1) is 6.40. The number of pyridine rings is 1. The molecule has 1 aliphatic carbocycles. The predicted molar refractivity (Wildman–Crippen MR) is 55.3 cm³/mol. The Hall–Kier alpha value is -1.37. The third-order valence-corrected chi connectivity index (χ3v) is 2.30. The van der Waals surface area contributed by atoms with E-state index in [2.05, 4.69) is 42.3 Å². The topological polar surface area (TPSA) is 12.9 Å². The first-order valence-corrected chi connectivity index (χ1v) is 4.72. The molecule has 2 rings (SSSR count). The van der Waals surface area contributed by atoms with E-state index in [1.807, 2.05) is 6.20 Å². The van der Waals surface area contributed by atoms with Gasteiger partial charge in [-0.15, -0.1) is 0 Å². The summed E-state index contributed by atoms with van der Waals surface area (Å²) in [5.74, 6) is 0. The van der Waals surface area contributed by atoms with Crippen LogP contribution in [-0.4, -0.2) is 4.98 Å². The normalized spacial score (nSPS) is 14.7. The zero-order chi connectivity index (χ0) is 9.10. The number of aryl methyl sites for hydroxylation is 1. The molecule has 0 aliphatic heterocycles. The van der Waals surface area contributed by atoms with E-state index in [-0.39, 0.29) is 0 Å². The summed E-state index contributed by atoms with van der Waals surface area (Å²) in [6.07, 6.45) is 10.5. The highest BCUT2D eigenvalue weighted by atomic mass is 14.7. The van der Waals surface area contributed by atoms with Crippen molar-refractivity contribution < 1.29 is 0 Å². The Morgan fingerprint density at radius 2 is 2.38 bits per heavy atom. The maximum absolute atomic E-state index is 4.35. The molecule has 1 heterocycles. The highest BCUT2D eigenvalue weighted by molar-refractivity contribution is 5.74. The molecule has 1 heteroatoms. The Balaban J connectivity index is 2.35. The molecule has 0 saturated carbocycles. The van der Waals surface area contributed by atoms with Crippen LogP contribution in [0.4, 0.5) is 0 Å². The average molecular weight is 171 g/mol. The molecule has 0 aromatic carbocycles. The van der Waals surface area contributed by atoms with Crippen LogP contribution in [0.2, 0.25) is 0 Å². The Labute approximate surface area is 78.8 Å². The van der Waals surface area contributed by atoms with Crippen molar-refractivity contribution in [1.82, 2.24) is 4.98 Å². The number of hydrogen-bond donors (Lipinski definition) is 0. The van der Waals surface area contributed by atoms with Gasteiger partial charge in [0.05, 0.1) is 5.69 Å². The van der Waals surface area contributed by atoms with Crippen molar-refractivity contribution in [3.63, 3.8) is 0 Å². The van der Waals surface area contributed by atoms with Gasteiger partial charge >= 0.3 is 0 Å². The highest BCUT2D eigenvalue weighted by Gasteiger charge is 2.02. The number of rotatable bonds is 2. The minimum atomic E-state index is 1.05. The Bertz CT molecular complexity index is 361. The largest absolute Gasteiger partial charge is 0.256 e. The van der Waals surface area contributed by atoms with Crippen molar-refractivity contribution in [2.75, 3.05) is 0 Å². The number of nitrogens with zero attached hydrogens (tertiary/aromatic N) is 1. The van der Waals surface area contributed by atoms with Crippen molar-refractivity contribution in [2.45, 2.75) is 19.8 Å². The summed E-state index contributed by atoms with van der Waals surface area (Å²) in [5.41, 5.74) is 3.72. The summed E-state index contributed by atoms with van der Waals surface area (Å²) < 4.78 is 0. The molecule has 0 saturated heterocycles. The number of aromatic nitrogens is 1. The summed E-state index contributed by atoms with van der Waals surface area (Å²) in [7, 11) is 0. The zero-order valence-corrected chi connectivity index (χ0v) is 7.83. The van der Waals surface area contributed by atoms with E-state index in [0.29, 0.717) is 0 Å². The van der Waals surface area contributed by atoms with Gasteiger partial charge in [-0.05, 0) is 36.1 Å². The molecular weight excluding hydrogens is 158 g/mol. The van der Waals surface area contributed by atoms with E-state index < -0.39 is 0 Å². The summed E-state index contributed by atoms with van der Waals surface area (Å²) in [4.78, 5) is 4.35. The van der Waals surface area contributed by atoms with Crippen LogP contribution in [0.3, 0.4) is 0 Å². The summed E-state index contributed by atoms with van der Waals surface area (Å²) >= 11 is 0. The van der Waals surface area contributed by atoms with Crippen molar-refractivity contribution in [3.05, 3.63) is 47.8 Å². The monoisotopic (exact) mass is 171 g/mol. The van der Waals surface area contributed by atoms with Gasteiger partial charge in [-0.3, -0.25) is 4.98 Å². The van der Waals surface area contributed by atoms with E-state index >= 15 is 0 Å². The van der Waals surface area contributed by atoms with Gasteiger partial charge in [0.15, 0.2) is 0 Å². The molecular formula is C12H13N. The number of hydrogen-bond acceptors (Lipinski definition) is 1. The fourth-order valence-electron chi connectivity index (χ4n) is 1.50. The van der Waals surface area contributed by atoms with Gasteiger partial charge in [0.2, 0.25) is 0 Å². The van der Waals surface area contributed by atoms with Gasteiger partial charge in [0.25, 0.3) is 0 Å². The van der Waals surface area contributed by atoms with Crippen molar-refractivity contribution >= 4 is 5.57 Å². The van der Waals surface area contributed by atoms with Gasteiger partial charge in [0, 0.05) is 6.20 Å². The van der Waals surface area contributed by atoms with Crippen LogP contribution in [0, 0.1) is 0 Å². The molecule has 1 aromatic rings. The molecule has 1 nitrogen and oxygen atoms in total. The quantitative estimate of drug-likeness (QED) is 0.666. The van der Waals surface area contributed by atoms with Gasteiger partial charge in [-0.1, -0.05) is 25.2 Å². The molecule has 0 atom stereocenters. The second kappa shape index (κ2) is 3.56. The standard InChI is InChI=1S/C12H13N/c1-2-10-7-8-13-12(9-10)11-5-3-4-6-11/h3,5-9H,2,4H2,1H3. The summed E-state index contributed by atoms with van der Waals surface area (Å²) in [6.45, 7) is 2.16. The van der Waals surface area contributed by atoms with Crippen molar-refractivity contribution in [1.29, 1.82) is 0 Å². The molecule has 0 spiro atoms. The van der Waals surface area contributed by atoms with Crippen LogP contribution in [-0.2, 0) is 6.42 Å². The summed E-state index contributed by atoms with van der Waals surface area (Å²) in [5, 5.41) is 0. The SMILES string of the molecule is CCc1ccnc(C2=CCC=C2)c1. The highest BCUT2D eigenvalue weighted by Crippen LogP contribution is 2.20. The molecule has 1 aromatic heterocycles. The van der Waals surface area contributed by atoms with Crippen LogP contribution >= 0.6 is 0 Å². The predicted octanol–water partition coefficient (Wildman–Crippen LogP) is 2.99. The fraction of sp³-hybridized carbons (Fsp3) is 0.250. The lowest BCUT2D eigenvalue weighted by atomic mass is 10.1. The minimum absolute atomic E-state index is 1.05. The van der Waals surface area contributed by atoms with Crippen LogP contribution in [0.15, 0.2) is 36.6 Å². The molecule has 0 unspecified atom stereocenters. The third kappa shape index (κ3) is 1.69. The van der Waals surface area contributed by atoms with Crippen LogP contribution in [0.5, 0.6) is 0 Å². The average Bonchev–Trinajstić information content (AvgIpc) is 2.71. The molecule has 0 amide bonds. The maximum Gasteiger partial charge on any atom is 0.0701 e. The van der Waals surface area contributed by atoms with Gasteiger partial charge in [-0.25, -0.2) is 0 Å². The van der Waals surface area contributed by atoms with E-state index in [9.17, 15) is 0 Å². The molecule has 0 bridgehead atoms. The van der Waals surface area contributed by atoms with E-state index in [0.717, 1.165) is 18.5 Å². The lowest BCUT2D eigenvalue weighted by Crippen LogP contribution is -1.88. The molecule has 0 fully saturated rings. The Morgan fingerprint density at radius 3 is 3.08 bits per heavy atom. The van der Waals surface area contributed by atoms with Crippen LogP contribution in [0.1, 0.15) is 24.6 Å². The maximum atomic E-state index is 4.35. The smallest absolute Gasteiger partial charge is 0.0701 e. The molecule has 0 N–H and O–H groups in total. The van der Waals surface area contributed by atoms with E-state index in [1.54, 1.807) is 0 Å². The van der Waals surface area contributed by atoms with Gasteiger partial charge in [0.1, 0.15) is 0 Å². The fourth-order valence-corrected chi connectivity index (χ4v) is 1.50. The van der Waals surface area contributed by atoms with Crippen molar-refractivity contribution in [2.24, 2.45) is 0 Å². The number of allylic oxidation sites excluding steroid dienone is 4. The van der Waals surface area contributed by atoms with Crippen LogP contribution in [0.25, 0.3) is 5.57 Å². The first-order valence-electron chi connectivity index (χ1n) is 4.72. The lowest BCUT2D eigenvalue weighted by molar-refractivity contribution is 1.11. The zero-order valence-electron chi connectivity index (χ0n) is 7.83. The molecule has 1 aliphatic rings. The first kappa shape index (κ1) is 8.24.